The second-order valence-corrected chi connectivity index (χ2v) is 13.0. The Balaban J connectivity index is 0.00000104. The minimum absolute atomic E-state index is 0.250. The Kier molecular flexibility index (Phi) is 21.6. The summed E-state index contributed by atoms with van der Waals surface area (Å²) in [5, 5.41) is 23.7. The van der Waals surface area contributed by atoms with Gasteiger partial charge in [0.2, 0.25) is 0 Å². The van der Waals surface area contributed by atoms with Crippen LogP contribution in [0.1, 0.15) is 86.6 Å². The first-order chi connectivity index (χ1) is 24.1. The maximum absolute atomic E-state index is 11.3. The summed E-state index contributed by atoms with van der Waals surface area (Å²) in [6.45, 7) is 21.9. The van der Waals surface area contributed by atoms with Crippen molar-refractivity contribution in [3.8, 4) is 34.0 Å². The van der Waals surface area contributed by atoms with Gasteiger partial charge in [-0.2, -0.15) is 5.10 Å². The zero-order valence-corrected chi connectivity index (χ0v) is 33.0. The van der Waals surface area contributed by atoms with Crippen molar-refractivity contribution in [2.24, 2.45) is 5.41 Å². The molecule has 0 bridgehead atoms. The van der Waals surface area contributed by atoms with Crippen LogP contribution in [0.4, 0.5) is 0 Å². The Morgan fingerprint density at radius 1 is 0.804 bits per heavy atom. The van der Waals surface area contributed by atoms with Gasteiger partial charge in [-0.25, -0.2) is 9.50 Å². The van der Waals surface area contributed by atoms with Crippen LogP contribution >= 0.6 is 11.6 Å². The van der Waals surface area contributed by atoms with Gasteiger partial charge in [0, 0.05) is 28.3 Å². The van der Waals surface area contributed by atoms with Crippen LogP contribution in [0, 0.1) is 5.41 Å². The number of benzene rings is 3. The van der Waals surface area contributed by atoms with Crippen molar-refractivity contribution in [1.82, 2.24) is 19.9 Å². The maximum atomic E-state index is 11.3. The van der Waals surface area contributed by atoms with Crippen molar-refractivity contribution in [2.45, 2.75) is 87.8 Å². The van der Waals surface area contributed by atoms with E-state index in [1.165, 1.54) is 0 Å². The summed E-state index contributed by atoms with van der Waals surface area (Å²) in [5.74, 6) is 1.50. The molecule has 0 saturated carbocycles. The molecule has 0 aliphatic heterocycles. The van der Waals surface area contributed by atoms with Crippen molar-refractivity contribution in [3.63, 3.8) is 0 Å². The first kappa shape index (κ1) is 46.4. The smallest absolute Gasteiger partial charge is 0.290 e. The fourth-order valence-corrected chi connectivity index (χ4v) is 3.90. The van der Waals surface area contributed by atoms with Crippen LogP contribution in [0.2, 0.25) is 5.02 Å². The lowest BCUT2D eigenvalue weighted by atomic mass is 9.88. The van der Waals surface area contributed by atoms with Crippen LogP contribution in [-0.4, -0.2) is 56.3 Å². The molecular weight excluding hydrogens is 664 g/mol. The Hall–Kier alpha value is -4.57. The number of para-hydroxylation sites is 1. The number of aliphatic hydroxyl groups is 1. The monoisotopic (exact) mass is 720 g/mol. The fourth-order valence-electron chi connectivity index (χ4n) is 3.78. The van der Waals surface area contributed by atoms with E-state index in [0.717, 1.165) is 40.3 Å². The van der Waals surface area contributed by atoms with Crippen LogP contribution in [-0.2, 0) is 4.79 Å². The molecule has 0 unspecified atom stereocenters. The molecule has 0 spiro atoms. The lowest BCUT2D eigenvalue weighted by Gasteiger charge is -2.26. The number of nitrogens with zero attached hydrogens (tertiary/aromatic N) is 3. The Morgan fingerprint density at radius 2 is 1.27 bits per heavy atom. The molecule has 0 aliphatic rings. The van der Waals surface area contributed by atoms with Gasteiger partial charge < -0.3 is 20.3 Å². The molecule has 0 saturated heterocycles. The summed E-state index contributed by atoms with van der Waals surface area (Å²) in [5.41, 5.74) is 4.24. The number of aromatic nitrogens is 3. The second-order valence-electron chi connectivity index (χ2n) is 12.6. The highest BCUT2D eigenvalue weighted by Crippen LogP contribution is 2.30. The lowest BCUT2D eigenvalue weighted by Crippen LogP contribution is -2.34. The predicted molar refractivity (Wildman–Crippen MR) is 212 cm³/mol. The van der Waals surface area contributed by atoms with Gasteiger partial charge in [0.1, 0.15) is 17.2 Å². The van der Waals surface area contributed by atoms with Crippen LogP contribution in [0.25, 0.3) is 28.2 Å². The number of rotatable bonds is 6. The number of nitrogens with one attached hydrogen (secondary N) is 1. The molecule has 0 radical (unpaired) electrons. The highest BCUT2D eigenvalue weighted by Gasteiger charge is 2.17. The Morgan fingerprint density at radius 3 is 1.71 bits per heavy atom. The molecule has 9 nitrogen and oxygen atoms in total. The van der Waals surface area contributed by atoms with Gasteiger partial charge in [-0.3, -0.25) is 9.59 Å². The molecule has 5 aromatic rings. The Bertz CT molecular complexity index is 1670. The average Bonchev–Trinajstić information content (AvgIpc) is 3.54. The van der Waals surface area contributed by atoms with Gasteiger partial charge >= 0.3 is 0 Å². The van der Waals surface area contributed by atoms with E-state index in [2.05, 4.69) is 43.1 Å². The molecule has 51 heavy (non-hydrogen) atoms. The number of carbonyl (C=O) groups is 2. The molecule has 0 aliphatic carbocycles. The molecule has 1 atom stereocenters. The summed E-state index contributed by atoms with van der Waals surface area (Å²) >= 11 is 6.03. The molecule has 5 rings (SSSR count). The molecule has 278 valence electrons. The maximum Gasteiger partial charge on any atom is 0.290 e. The van der Waals surface area contributed by atoms with E-state index in [-0.39, 0.29) is 6.47 Å². The van der Waals surface area contributed by atoms with Crippen LogP contribution in [0.15, 0.2) is 91.0 Å². The average molecular weight is 721 g/mol. The van der Waals surface area contributed by atoms with E-state index in [9.17, 15) is 4.79 Å². The molecule has 0 amide bonds. The largest absolute Gasteiger partial charge is 0.483 e. The molecular formula is C41H57ClN4O5. The van der Waals surface area contributed by atoms with Crippen molar-refractivity contribution in [1.29, 1.82) is 0 Å². The summed E-state index contributed by atoms with van der Waals surface area (Å²) < 4.78 is 7.57. The van der Waals surface area contributed by atoms with E-state index in [0.29, 0.717) is 27.8 Å². The normalized spacial score (nSPS) is 10.8. The van der Waals surface area contributed by atoms with E-state index in [4.69, 9.17) is 31.3 Å². The second kappa shape index (κ2) is 23.8. The third kappa shape index (κ3) is 17.8. The van der Waals surface area contributed by atoms with E-state index >= 15 is 0 Å². The minimum atomic E-state index is -0.500. The molecule has 3 N–H and O–H groups in total. The SMILES string of the molecule is CC.CC.CC(C)(C)O.CN[C@@H](C)C(C)(C)C.O=CO.O=Cc1cc2nc(-c3ccc(Cl)cc3)cc(-c3ccc(Oc4ccccc4)cc3)n2n1. The predicted octanol–water partition coefficient (Wildman–Crippen LogP) is 10.5. The van der Waals surface area contributed by atoms with Crippen molar-refractivity contribution in [2.75, 3.05) is 7.05 Å². The summed E-state index contributed by atoms with van der Waals surface area (Å²) in [7, 11) is 2.00. The third-order valence-corrected chi connectivity index (χ3v) is 6.82. The summed E-state index contributed by atoms with van der Waals surface area (Å²) in [6.07, 6.45) is 0.719. The number of fused-ring (bicyclic) bond motifs is 1. The van der Waals surface area contributed by atoms with Gasteiger partial charge in [0.15, 0.2) is 11.9 Å². The molecule has 2 aromatic heterocycles. The van der Waals surface area contributed by atoms with Gasteiger partial charge in [-0.15, -0.1) is 0 Å². The standard InChI is InChI=1S/C25H16ClN3O2.C7H17N.C4H10O.2C2H6.CH2O2/c26-19-10-6-17(7-11-19)23-15-24(29-25(27-23)14-20(16-30)28-29)18-8-12-22(13-9-18)31-21-4-2-1-3-5-21;1-6(8-5)7(2,3)4;1-4(2,3)5;2*1-2;2-1-3/h1-16H;6,8H,1-5H3;5H,1-3H3;2*1-2H3;1H,(H,2,3)/t;6-;;;;/m.0..../s1. The topological polar surface area (TPSA) is 126 Å². The number of halogens is 1. The first-order valence-electron chi connectivity index (χ1n) is 17.0. The summed E-state index contributed by atoms with van der Waals surface area (Å²) in [6, 6.07) is 29.0. The zero-order chi connectivity index (χ0) is 39.2. The quantitative estimate of drug-likeness (QED) is 0.148. The highest BCUT2D eigenvalue weighted by atomic mass is 35.5. The van der Waals surface area contributed by atoms with E-state index < -0.39 is 5.60 Å². The number of hydrogen-bond acceptors (Lipinski definition) is 7. The first-order valence-corrected chi connectivity index (χ1v) is 17.4. The molecule has 10 heteroatoms. The van der Waals surface area contributed by atoms with Crippen LogP contribution < -0.4 is 10.1 Å². The van der Waals surface area contributed by atoms with E-state index in [1.807, 2.05) is 120 Å². The molecule has 2 heterocycles. The highest BCUT2D eigenvalue weighted by molar-refractivity contribution is 6.30. The van der Waals surface area contributed by atoms with Crippen LogP contribution in [0.3, 0.4) is 0 Å². The van der Waals surface area contributed by atoms with Gasteiger partial charge in [-0.1, -0.05) is 90.4 Å². The summed E-state index contributed by atoms with van der Waals surface area (Å²) in [4.78, 5) is 24.3. The number of carboxylic acid groups (broad SMARTS) is 1. The van der Waals surface area contributed by atoms with Gasteiger partial charge in [0.05, 0.1) is 17.0 Å². The third-order valence-electron chi connectivity index (χ3n) is 6.57. The fraction of sp³-hybridized carbons (Fsp3) is 0.366. The van der Waals surface area contributed by atoms with Crippen molar-refractivity contribution in [3.05, 3.63) is 102 Å². The number of hydrogen-bond donors (Lipinski definition) is 3. The number of carbonyl (C=O) groups excluding carboxylic acids is 1. The number of aldehydes is 1. The number of ether oxygens (including phenoxy) is 1. The molecule has 0 fully saturated rings. The van der Waals surface area contributed by atoms with Gasteiger partial charge in [-0.05, 0) is 94.8 Å². The Labute approximate surface area is 309 Å². The van der Waals surface area contributed by atoms with Crippen molar-refractivity contribution >= 4 is 30.0 Å². The molecule has 3 aromatic carbocycles. The van der Waals surface area contributed by atoms with Gasteiger partial charge in [0.25, 0.3) is 6.47 Å². The van der Waals surface area contributed by atoms with E-state index in [1.54, 1.807) is 31.4 Å². The lowest BCUT2D eigenvalue weighted by molar-refractivity contribution is -0.122. The minimum Gasteiger partial charge on any atom is -0.483 e. The zero-order valence-electron chi connectivity index (χ0n) is 32.2. The van der Waals surface area contributed by atoms with Crippen molar-refractivity contribution < 1.29 is 24.5 Å². The van der Waals surface area contributed by atoms with Crippen LogP contribution in [0.5, 0.6) is 11.5 Å².